The zero-order chi connectivity index (χ0) is 9.68. The molecule has 0 radical (unpaired) electrons. The molecule has 0 aliphatic carbocycles. The molecule has 13 heavy (non-hydrogen) atoms. The third-order valence-electron chi connectivity index (χ3n) is 1.11. The molecular weight excluding hydrogens is 174 g/mol. The second-order valence-electron chi connectivity index (χ2n) is 2.06. The van der Waals surface area contributed by atoms with Gasteiger partial charge in [-0.05, 0) is 12.1 Å². The van der Waals surface area contributed by atoms with Crippen LogP contribution in [-0.4, -0.2) is 16.0 Å². The molecule has 0 aliphatic rings. The molecule has 7 nitrogen and oxygen atoms in total. The van der Waals surface area contributed by atoms with Crippen LogP contribution in [0.25, 0.3) is 0 Å². The van der Waals surface area contributed by atoms with Crippen molar-refractivity contribution in [1.29, 1.82) is 0 Å². The van der Waals surface area contributed by atoms with Crippen LogP contribution in [-0.2, 0) is 0 Å². The summed E-state index contributed by atoms with van der Waals surface area (Å²) in [6, 6.07) is 5.04. The van der Waals surface area contributed by atoms with E-state index >= 15 is 0 Å². The second kappa shape index (κ2) is 4.00. The van der Waals surface area contributed by atoms with Crippen LogP contribution in [0.1, 0.15) is 0 Å². The first kappa shape index (κ1) is 8.91. The van der Waals surface area contributed by atoms with Crippen molar-refractivity contribution in [2.24, 2.45) is 10.8 Å². The summed E-state index contributed by atoms with van der Waals surface area (Å²) in [6.07, 6.45) is 1.53. The van der Waals surface area contributed by atoms with Crippen molar-refractivity contribution in [3.63, 3.8) is 0 Å². The first-order valence-corrected chi connectivity index (χ1v) is 3.35. The van der Waals surface area contributed by atoms with E-state index in [0.717, 1.165) is 0 Å². The number of nitro groups is 1. The fraction of sp³-hybridized carbons (Fsp3) is 0. The number of anilines is 1. The number of hydrazone groups is 1. The van der Waals surface area contributed by atoms with E-state index in [-0.39, 0.29) is 5.96 Å². The van der Waals surface area contributed by atoms with Crippen LogP contribution >= 0.6 is 0 Å². The minimum atomic E-state index is -0.884. The van der Waals surface area contributed by atoms with Gasteiger partial charge in [0.05, 0.1) is 0 Å². The molecule has 0 atom stereocenters. The number of pyridine rings is 1. The number of nitrogens with one attached hydrogen (secondary N) is 1. The molecule has 0 spiro atoms. The molecule has 0 fully saturated rings. The molecule has 0 saturated heterocycles. The number of aromatic nitrogens is 1. The van der Waals surface area contributed by atoms with Gasteiger partial charge in [0.2, 0.25) is 0 Å². The van der Waals surface area contributed by atoms with Gasteiger partial charge in [-0.15, -0.1) is 0 Å². The summed E-state index contributed by atoms with van der Waals surface area (Å²) in [6.45, 7) is 0. The molecular formula is C6H7N5O2. The predicted molar refractivity (Wildman–Crippen MR) is 46.5 cm³/mol. The van der Waals surface area contributed by atoms with Crippen molar-refractivity contribution in [2.75, 3.05) is 5.32 Å². The maximum atomic E-state index is 9.88. The van der Waals surface area contributed by atoms with Crippen molar-refractivity contribution in [3.05, 3.63) is 34.5 Å². The second-order valence-corrected chi connectivity index (χ2v) is 2.06. The van der Waals surface area contributed by atoms with Crippen LogP contribution in [0, 0.1) is 10.1 Å². The monoisotopic (exact) mass is 181 g/mol. The zero-order valence-electron chi connectivity index (χ0n) is 6.54. The number of rotatable bonds is 2. The van der Waals surface area contributed by atoms with Gasteiger partial charge in [0.15, 0.2) is 5.03 Å². The molecule has 0 saturated carbocycles. The lowest BCUT2D eigenvalue weighted by Crippen LogP contribution is -2.24. The van der Waals surface area contributed by atoms with Crippen LogP contribution in [0.15, 0.2) is 29.5 Å². The number of hydrogen-bond donors (Lipinski definition) is 2. The normalized spacial score (nSPS) is 10.9. The van der Waals surface area contributed by atoms with Gasteiger partial charge >= 0.3 is 0 Å². The quantitative estimate of drug-likeness (QED) is 0.289. The van der Waals surface area contributed by atoms with E-state index in [9.17, 15) is 10.1 Å². The molecule has 1 rings (SSSR count). The van der Waals surface area contributed by atoms with Crippen molar-refractivity contribution in [1.82, 2.24) is 4.98 Å². The highest BCUT2D eigenvalue weighted by atomic mass is 16.7. The number of nitrogens with two attached hydrogens (primary N) is 1. The first-order chi connectivity index (χ1) is 6.18. The Bertz CT molecular complexity index is 323. The lowest BCUT2D eigenvalue weighted by atomic mass is 10.5. The van der Waals surface area contributed by atoms with Crippen molar-refractivity contribution >= 4 is 11.8 Å². The summed E-state index contributed by atoms with van der Waals surface area (Å²) in [5, 5.41) is 14.3. The zero-order valence-corrected chi connectivity index (χ0v) is 6.54. The predicted octanol–water partition coefficient (Wildman–Crippen LogP) is -0.000100. The molecule has 0 aromatic carbocycles. The lowest BCUT2D eigenvalue weighted by molar-refractivity contribution is -0.485. The molecule has 0 bridgehead atoms. The summed E-state index contributed by atoms with van der Waals surface area (Å²) in [4.78, 5) is 13.7. The van der Waals surface area contributed by atoms with Crippen molar-refractivity contribution in [3.8, 4) is 0 Å². The highest BCUT2D eigenvalue weighted by molar-refractivity contribution is 5.90. The fourth-order valence-electron chi connectivity index (χ4n) is 0.681. The number of hydrogen-bond acceptors (Lipinski definition) is 3. The van der Waals surface area contributed by atoms with Crippen molar-refractivity contribution in [2.45, 2.75) is 0 Å². The largest absolute Gasteiger partial charge is 0.364 e. The van der Waals surface area contributed by atoms with E-state index in [0.29, 0.717) is 5.82 Å². The van der Waals surface area contributed by atoms with Gasteiger partial charge in [0.25, 0.3) is 5.96 Å². The van der Waals surface area contributed by atoms with E-state index < -0.39 is 5.03 Å². The molecule has 0 amide bonds. The summed E-state index contributed by atoms with van der Waals surface area (Å²) in [5.41, 5.74) is 5.16. The summed E-state index contributed by atoms with van der Waals surface area (Å²) < 4.78 is 0. The summed E-state index contributed by atoms with van der Waals surface area (Å²) >= 11 is 0. The maximum absolute atomic E-state index is 9.88. The topological polar surface area (TPSA) is 106 Å². The van der Waals surface area contributed by atoms with Gasteiger partial charge in [-0.2, -0.15) is 0 Å². The summed E-state index contributed by atoms with van der Waals surface area (Å²) in [7, 11) is 0. The van der Waals surface area contributed by atoms with E-state index in [4.69, 9.17) is 5.73 Å². The SMILES string of the molecule is N/C(=N/[N+](=O)[O-])Nc1ccccn1. The van der Waals surface area contributed by atoms with Crippen LogP contribution in [0.4, 0.5) is 5.82 Å². The van der Waals surface area contributed by atoms with Gasteiger partial charge in [0.1, 0.15) is 10.9 Å². The lowest BCUT2D eigenvalue weighted by Gasteiger charge is -1.99. The molecule has 0 aliphatic heterocycles. The molecule has 1 heterocycles. The third kappa shape index (κ3) is 3.14. The van der Waals surface area contributed by atoms with Gasteiger partial charge in [-0.1, -0.05) is 6.07 Å². The molecule has 68 valence electrons. The van der Waals surface area contributed by atoms with E-state index in [1.807, 2.05) is 0 Å². The van der Waals surface area contributed by atoms with Crippen LogP contribution in [0.5, 0.6) is 0 Å². The van der Waals surface area contributed by atoms with Crippen LogP contribution in [0.2, 0.25) is 0 Å². The number of guanidine groups is 1. The average molecular weight is 181 g/mol. The fourth-order valence-corrected chi connectivity index (χ4v) is 0.681. The smallest absolute Gasteiger partial charge is 0.271 e. The minimum absolute atomic E-state index is 0.302. The number of nitrogens with zero attached hydrogens (tertiary/aromatic N) is 3. The van der Waals surface area contributed by atoms with Crippen LogP contribution in [0.3, 0.4) is 0 Å². The minimum Gasteiger partial charge on any atom is -0.364 e. The maximum Gasteiger partial charge on any atom is 0.271 e. The third-order valence-corrected chi connectivity index (χ3v) is 1.11. The molecule has 7 heteroatoms. The highest BCUT2D eigenvalue weighted by Gasteiger charge is 1.99. The Hall–Kier alpha value is -2.18. The summed E-state index contributed by atoms with van der Waals surface area (Å²) in [5.74, 6) is 0.106. The van der Waals surface area contributed by atoms with Gasteiger partial charge in [-0.3, -0.25) is 0 Å². The molecule has 1 aromatic heterocycles. The van der Waals surface area contributed by atoms with Gasteiger partial charge < -0.3 is 11.1 Å². The Morgan fingerprint density at radius 3 is 3.00 bits per heavy atom. The molecule has 0 unspecified atom stereocenters. The van der Waals surface area contributed by atoms with E-state index in [1.54, 1.807) is 18.2 Å². The average Bonchev–Trinajstić information content (AvgIpc) is 2.04. The van der Waals surface area contributed by atoms with Crippen LogP contribution < -0.4 is 11.1 Å². The van der Waals surface area contributed by atoms with E-state index in [2.05, 4.69) is 15.4 Å². The Kier molecular flexibility index (Phi) is 2.74. The Labute approximate surface area is 73.4 Å². The van der Waals surface area contributed by atoms with Gasteiger partial charge in [0, 0.05) is 6.20 Å². The van der Waals surface area contributed by atoms with Crippen molar-refractivity contribution < 1.29 is 5.03 Å². The Morgan fingerprint density at radius 2 is 2.46 bits per heavy atom. The van der Waals surface area contributed by atoms with Gasteiger partial charge in [-0.25, -0.2) is 15.1 Å². The first-order valence-electron chi connectivity index (χ1n) is 3.35. The standard InChI is InChI=1S/C6H7N5O2/c7-6(10-11(12)13)9-5-3-1-2-4-8-5/h1-4H,(H3,7,8,9,10). The Morgan fingerprint density at radius 1 is 1.69 bits per heavy atom. The van der Waals surface area contributed by atoms with E-state index in [1.165, 1.54) is 6.20 Å². The Balaban J connectivity index is 2.65. The highest BCUT2D eigenvalue weighted by Crippen LogP contribution is 1.98. The molecule has 3 N–H and O–H groups in total. The molecule has 1 aromatic rings.